The molecule has 1 aromatic heterocycles. The lowest BCUT2D eigenvalue weighted by atomic mass is 10.2. The molecule has 0 aliphatic heterocycles. The van der Waals surface area contributed by atoms with Crippen LogP contribution in [0.15, 0.2) is 39.0 Å². The van der Waals surface area contributed by atoms with Crippen LogP contribution in [0.5, 0.6) is 0 Å². The minimum atomic E-state index is -0.237. The minimum Gasteiger partial charge on any atom is -0.320 e. The van der Waals surface area contributed by atoms with Gasteiger partial charge in [0.25, 0.3) is 5.91 Å². The molecule has 1 aromatic carbocycles. The second kappa shape index (κ2) is 5.57. The normalized spacial score (nSPS) is 9.83. The summed E-state index contributed by atoms with van der Waals surface area (Å²) in [5, 5.41) is 13.5. The van der Waals surface area contributed by atoms with Crippen LogP contribution in [-0.4, -0.2) is 5.91 Å². The molecular formula is C12H7BrN2OS2. The molecular weight excluding hydrogens is 332 g/mol. The van der Waals surface area contributed by atoms with Gasteiger partial charge in [0.1, 0.15) is 6.07 Å². The lowest BCUT2D eigenvalue weighted by molar-refractivity contribution is 0.103. The Hall–Kier alpha value is -1.29. The van der Waals surface area contributed by atoms with Crippen LogP contribution in [-0.2, 0) is 0 Å². The van der Waals surface area contributed by atoms with Gasteiger partial charge in [-0.15, -0.1) is 24.0 Å². The third kappa shape index (κ3) is 2.93. The summed E-state index contributed by atoms with van der Waals surface area (Å²) in [6.07, 6.45) is 0. The van der Waals surface area contributed by atoms with Gasteiger partial charge >= 0.3 is 0 Å². The van der Waals surface area contributed by atoms with Gasteiger partial charge in [-0.2, -0.15) is 5.26 Å². The first kappa shape index (κ1) is 13.1. The fraction of sp³-hybridized carbons (Fsp3) is 0. The number of carbonyl (C=O) groups excluding carboxylic acids is 1. The number of carbonyl (C=O) groups is 1. The molecule has 0 unspecified atom stereocenters. The highest BCUT2D eigenvalue weighted by Gasteiger charge is 2.11. The number of amides is 1. The monoisotopic (exact) mass is 338 g/mol. The molecule has 90 valence electrons. The SMILES string of the molecule is N#Cc1cc(Br)ccc1NC(=O)c1cc(S)cs1. The number of anilines is 1. The van der Waals surface area contributed by atoms with Crippen LogP contribution in [0.1, 0.15) is 15.2 Å². The molecule has 1 heterocycles. The summed E-state index contributed by atoms with van der Waals surface area (Å²) >= 11 is 8.74. The number of nitrogens with one attached hydrogen (secondary N) is 1. The van der Waals surface area contributed by atoms with Crippen LogP contribution in [0.25, 0.3) is 0 Å². The van der Waals surface area contributed by atoms with Gasteiger partial charge in [0.05, 0.1) is 16.1 Å². The second-order valence-electron chi connectivity index (χ2n) is 3.42. The van der Waals surface area contributed by atoms with Gasteiger partial charge in [-0.05, 0) is 24.3 Å². The molecule has 0 fully saturated rings. The maximum Gasteiger partial charge on any atom is 0.265 e. The van der Waals surface area contributed by atoms with E-state index in [9.17, 15) is 4.79 Å². The van der Waals surface area contributed by atoms with Crippen LogP contribution < -0.4 is 5.32 Å². The van der Waals surface area contributed by atoms with Crippen molar-refractivity contribution in [3.63, 3.8) is 0 Å². The summed E-state index contributed by atoms with van der Waals surface area (Å²) in [4.78, 5) is 13.2. The first-order chi connectivity index (χ1) is 8.60. The molecule has 2 rings (SSSR count). The summed E-state index contributed by atoms with van der Waals surface area (Å²) in [5.74, 6) is -0.237. The Bertz CT molecular complexity index is 646. The van der Waals surface area contributed by atoms with Crippen LogP contribution >= 0.6 is 39.9 Å². The Balaban J connectivity index is 2.25. The Morgan fingerprint density at radius 2 is 2.22 bits per heavy atom. The summed E-state index contributed by atoms with van der Waals surface area (Å²) in [7, 11) is 0. The maximum atomic E-state index is 11.9. The number of thiophene rings is 1. The van der Waals surface area contributed by atoms with E-state index < -0.39 is 0 Å². The first-order valence-corrected chi connectivity index (χ1v) is 7.00. The Kier molecular flexibility index (Phi) is 4.07. The number of halogens is 1. The third-order valence-electron chi connectivity index (χ3n) is 2.16. The molecule has 18 heavy (non-hydrogen) atoms. The van der Waals surface area contributed by atoms with E-state index in [0.717, 1.165) is 9.37 Å². The van der Waals surface area contributed by atoms with Crippen molar-refractivity contribution in [2.45, 2.75) is 4.90 Å². The molecule has 0 saturated heterocycles. The summed E-state index contributed by atoms with van der Waals surface area (Å²) in [5.41, 5.74) is 0.917. The van der Waals surface area contributed by atoms with E-state index in [1.807, 2.05) is 6.07 Å². The smallest absolute Gasteiger partial charge is 0.265 e. The van der Waals surface area contributed by atoms with Crippen molar-refractivity contribution < 1.29 is 4.79 Å². The molecule has 0 radical (unpaired) electrons. The third-order valence-corrected chi connectivity index (χ3v) is 4.01. The van der Waals surface area contributed by atoms with Crippen molar-refractivity contribution in [2.75, 3.05) is 5.32 Å². The van der Waals surface area contributed by atoms with E-state index in [2.05, 4.69) is 33.9 Å². The van der Waals surface area contributed by atoms with E-state index in [1.54, 1.807) is 29.6 Å². The number of hydrogen-bond acceptors (Lipinski definition) is 4. The summed E-state index contributed by atoms with van der Waals surface area (Å²) < 4.78 is 0.797. The molecule has 0 saturated carbocycles. The topological polar surface area (TPSA) is 52.9 Å². The zero-order valence-corrected chi connectivity index (χ0v) is 12.3. The van der Waals surface area contributed by atoms with E-state index >= 15 is 0 Å². The first-order valence-electron chi connectivity index (χ1n) is 4.88. The van der Waals surface area contributed by atoms with Crippen LogP contribution in [0, 0.1) is 11.3 Å². The number of rotatable bonds is 2. The molecule has 0 aliphatic carbocycles. The van der Waals surface area contributed by atoms with Crippen LogP contribution in [0.3, 0.4) is 0 Å². The van der Waals surface area contributed by atoms with E-state index in [4.69, 9.17) is 5.26 Å². The van der Waals surface area contributed by atoms with Crippen molar-refractivity contribution in [1.82, 2.24) is 0 Å². The van der Waals surface area contributed by atoms with Gasteiger partial charge in [0, 0.05) is 14.7 Å². The lowest BCUT2D eigenvalue weighted by Crippen LogP contribution is -2.11. The average Bonchev–Trinajstić information content (AvgIpc) is 2.78. The predicted molar refractivity (Wildman–Crippen MR) is 78.4 cm³/mol. The molecule has 1 amide bonds. The van der Waals surface area contributed by atoms with Crippen molar-refractivity contribution in [3.05, 3.63) is 44.6 Å². The van der Waals surface area contributed by atoms with E-state index in [-0.39, 0.29) is 5.91 Å². The van der Waals surface area contributed by atoms with Crippen molar-refractivity contribution >= 4 is 51.5 Å². The predicted octanol–water partition coefficient (Wildman–Crippen LogP) is 3.92. The minimum absolute atomic E-state index is 0.237. The maximum absolute atomic E-state index is 11.9. The highest BCUT2D eigenvalue weighted by atomic mass is 79.9. The fourth-order valence-electron chi connectivity index (χ4n) is 1.35. The summed E-state index contributed by atoms with van der Waals surface area (Å²) in [6, 6.07) is 8.85. The van der Waals surface area contributed by atoms with Gasteiger partial charge in [-0.1, -0.05) is 15.9 Å². The molecule has 2 aromatic rings. The van der Waals surface area contributed by atoms with Gasteiger partial charge in [-0.25, -0.2) is 0 Å². The van der Waals surface area contributed by atoms with Gasteiger partial charge in [0.15, 0.2) is 0 Å². The Morgan fingerprint density at radius 1 is 1.44 bits per heavy atom. The number of hydrogen-bond donors (Lipinski definition) is 2. The zero-order chi connectivity index (χ0) is 13.1. The molecule has 6 heteroatoms. The molecule has 0 aliphatic rings. The molecule has 0 bridgehead atoms. The Labute approximate surface area is 122 Å². The number of thiol groups is 1. The van der Waals surface area contributed by atoms with Crippen LogP contribution in [0.4, 0.5) is 5.69 Å². The summed E-state index contributed by atoms with van der Waals surface area (Å²) in [6.45, 7) is 0. The number of benzene rings is 1. The highest BCUT2D eigenvalue weighted by molar-refractivity contribution is 9.10. The van der Waals surface area contributed by atoms with E-state index in [0.29, 0.717) is 16.1 Å². The lowest BCUT2D eigenvalue weighted by Gasteiger charge is -2.05. The number of nitrogens with zero attached hydrogens (tertiary/aromatic N) is 1. The van der Waals surface area contributed by atoms with Crippen molar-refractivity contribution in [3.8, 4) is 6.07 Å². The standard InChI is InChI=1S/C12H7BrN2OS2/c13-8-1-2-10(7(3-8)5-14)15-12(16)11-4-9(17)6-18-11/h1-4,6,17H,(H,15,16). The van der Waals surface area contributed by atoms with Crippen molar-refractivity contribution in [2.24, 2.45) is 0 Å². The fourth-order valence-corrected chi connectivity index (χ4v) is 2.75. The zero-order valence-electron chi connectivity index (χ0n) is 8.98. The molecule has 3 nitrogen and oxygen atoms in total. The van der Waals surface area contributed by atoms with Crippen LogP contribution in [0.2, 0.25) is 0 Å². The van der Waals surface area contributed by atoms with Gasteiger partial charge in [-0.3, -0.25) is 4.79 Å². The van der Waals surface area contributed by atoms with E-state index in [1.165, 1.54) is 11.3 Å². The van der Waals surface area contributed by atoms with Gasteiger partial charge in [0.2, 0.25) is 0 Å². The number of nitriles is 1. The highest BCUT2D eigenvalue weighted by Crippen LogP contribution is 2.23. The largest absolute Gasteiger partial charge is 0.320 e. The molecule has 0 atom stereocenters. The second-order valence-corrected chi connectivity index (χ2v) is 5.77. The Morgan fingerprint density at radius 3 is 2.83 bits per heavy atom. The molecule has 0 spiro atoms. The van der Waals surface area contributed by atoms with Crippen molar-refractivity contribution in [1.29, 1.82) is 5.26 Å². The quantitative estimate of drug-likeness (QED) is 0.815. The molecule has 1 N–H and O–H groups in total. The average molecular weight is 339 g/mol. The van der Waals surface area contributed by atoms with Gasteiger partial charge < -0.3 is 5.32 Å².